The largest absolute Gasteiger partial charge is 0.273 e. The van der Waals surface area contributed by atoms with Crippen LogP contribution in [0.1, 0.15) is 24.6 Å². The van der Waals surface area contributed by atoms with Crippen molar-refractivity contribution < 1.29 is 8.42 Å². The molecule has 0 saturated heterocycles. The third-order valence-corrected chi connectivity index (χ3v) is 6.28. The van der Waals surface area contributed by atoms with Crippen LogP contribution < -0.4 is 4.31 Å². The summed E-state index contributed by atoms with van der Waals surface area (Å²) in [5.41, 5.74) is 0.651. The Morgan fingerprint density at radius 3 is 2.48 bits per heavy atom. The maximum atomic E-state index is 12.8. The fourth-order valence-corrected chi connectivity index (χ4v) is 4.63. The number of hydrogen-bond donors (Lipinski definition) is 0. The smallest absolute Gasteiger partial charge is 0.266 e. The number of hydrogen-bond acceptors (Lipinski definition) is 4. The highest BCUT2D eigenvalue weighted by Gasteiger charge is 2.26. The SMILES string of the molecule is CCCCN(c1ccccc1)S(=O)(=O)c1ccc(C#N)s1. The molecular weight excluding hydrogens is 304 g/mol. The van der Waals surface area contributed by atoms with Gasteiger partial charge in [-0.15, -0.1) is 11.3 Å². The molecule has 2 rings (SSSR count). The van der Waals surface area contributed by atoms with Crippen molar-refractivity contribution in [3.8, 4) is 6.07 Å². The van der Waals surface area contributed by atoms with Gasteiger partial charge in [0.1, 0.15) is 15.2 Å². The summed E-state index contributed by atoms with van der Waals surface area (Å²) in [5.74, 6) is 0. The molecule has 0 aliphatic heterocycles. The van der Waals surface area contributed by atoms with Crippen molar-refractivity contribution in [2.45, 2.75) is 24.0 Å². The van der Waals surface area contributed by atoms with Crippen molar-refractivity contribution in [1.29, 1.82) is 5.26 Å². The standard InChI is InChI=1S/C15H16N2O2S2/c1-2-3-11-17(13-7-5-4-6-8-13)21(18,19)15-10-9-14(12-16)20-15/h4-10H,2-3,11H2,1H3. The predicted molar refractivity (Wildman–Crippen MR) is 84.9 cm³/mol. The van der Waals surface area contributed by atoms with E-state index in [1.54, 1.807) is 18.2 Å². The molecule has 0 N–H and O–H groups in total. The fraction of sp³-hybridized carbons (Fsp3) is 0.267. The minimum absolute atomic E-state index is 0.207. The first-order chi connectivity index (χ1) is 10.1. The number of rotatable bonds is 6. The number of anilines is 1. The lowest BCUT2D eigenvalue weighted by Gasteiger charge is -2.23. The maximum Gasteiger partial charge on any atom is 0.273 e. The molecule has 1 heterocycles. The minimum atomic E-state index is -3.61. The fourth-order valence-electron chi connectivity index (χ4n) is 1.91. The minimum Gasteiger partial charge on any atom is -0.266 e. The molecule has 21 heavy (non-hydrogen) atoms. The van der Waals surface area contributed by atoms with Gasteiger partial charge in [0.05, 0.1) is 5.69 Å². The summed E-state index contributed by atoms with van der Waals surface area (Å²) in [4.78, 5) is 0.400. The summed E-state index contributed by atoms with van der Waals surface area (Å²) in [7, 11) is -3.61. The number of para-hydroxylation sites is 1. The van der Waals surface area contributed by atoms with Gasteiger partial charge in [-0.05, 0) is 30.7 Å². The Morgan fingerprint density at radius 2 is 1.90 bits per heavy atom. The Kier molecular flexibility index (Phi) is 4.99. The molecule has 1 aromatic heterocycles. The summed E-state index contributed by atoms with van der Waals surface area (Å²) in [6.45, 7) is 2.46. The first kappa shape index (κ1) is 15.5. The Balaban J connectivity index is 2.42. The molecule has 0 amide bonds. The van der Waals surface area contributed by atoms with Gasteiger partial charge < -0.3 is 0 Å². The summed E-state index contributed by atoms with van der Waals surface area (Å²) in [6.07, 6.45) is 1.69. The molecule has 0 fully saturated rings. The highest BCUT2D eigenvalue weighted by Crippen LogP contribution is 2.28. The van der Waals surface area contributed by atoms with Crippen LogP contribution in [0.25, 0.3) is 0 Å². The zero-order valence-corrected chi connectivity index (χ0v) is 13.3. The lowest BCUT2D eigenvalue weighted by Crippen LogP contribution is -2.31. The highest BCUT2D eigenvalue weighted by atomic mass is 32.2. The van der Waals surface area contributed by atoms with Crippen LogP contribution in [0.5, 0.6) is 0 Å². The van der Waals surface area contributed by atoms with Gasteiger partial charge in [0.15, 0.2) is 0 Å². The van der Waals surface area contributed by atoms with E-state index in [2.05, 4.69) is 0 Å². The zero-order chi connectivity index (χ0) is 15.3. The van der Waals surface area contributed by atoms with E-state index in [-0.39, 0.29) is 4.21 Å². The van der Waals surface area contributed by atoms with Crippen molar-refractivity contribution in [2.75, 3.05) is 10.8 Å². The van der Waals surface area contributed by atoms with Crippen LogP contribution in [-0.4, -0.2) is 15.0 Å². The topological polar surface area (TPSA) is 61.2 Å². The molecule has 4 nitrogen and oxygen atoms in total. The van der Waals surface area contributed by atoms with Gasteiger partial charge in [-0.1, -0.05) is 31.5 Å². The number of unbranched alkanes of at least 4 members (excludes halogenated alkanes) is 1. The van der Waals surface area contributed by atoms with Gasteiger partial charge in [0, 0.05) is 6.54 Å². The number of thiophene rings is 1. The van der Waals surface area contributed by atoms with Crippen molar-refractivity contribution in [3.63, 3.8) is 0 Å². The van der Waals surface area contributed by atoms with E-state index in [0.29, 0.717) is 17.1 Å². The number of benzene rings is 1. The highest BCUT2D eigenvalue weighted by molar-refractivity contribution is 7.94. The molecular formula is C15H16N2O2S2. The van der Waals surface area contributed by atoms with Crippen LogP contribution >= 0.6 is 11.3 Å². The van der Waals surface area contributed by atoms with E-state index in [9.17, 15) is 8.42 Å². The number of sulfonamides is 1. The van der Waals surface area contributed by atoms with E-state index in [4.69, 9.17) is 5.26 Å². The lowest BCUT2D eigenvalue weighted by molar-refractivity contribution is 0.590. The van der Waals surface area contributed by atoms with Crippen molar-refractivity contribution in [2.24, 2.45) is 0 Å². The van der Waals surface area contributed by atoms with E-state index in [0.717, 1.165) is 24.2 Å². The molecule has 0 saturated carbocycles. The molecule has 6 heteroatoms. The van der Waals surface area contributed by atoms with Crippen LogP contribution in [0.3, 0.4) is 0 Å². The quantitative estimate of drug-likeness (QED) is 0.816. The molecule has 0 atom stereocenters. The molecule has 110 valence electrons. The van der Waals surface area contributed by atoms with Crippen LogP contribution in [0.4, 0.5) is 5.69 Å². The molecule has 0 spiro atoms. The first-order valence-electron chi connectivity index (χ1n) is 6.67. The summed E-state index contributed by atoms with van der Waals surface area (Å²) in [5, 5.41) is 8.87. The molecule has 0 radical (unpaired) electrons. The van der Waals surface area contributed by atoms with E-state index >= 15 is 0 Å². The van der Waals surface area contributed by atoms with Gasteiger partial charge in [-0.2, -0.15) is 5.26 Å². The van der Waals surface area contributed by atoms with Crippen molar-refractivity contribution in [1.82, 2.24) is 0 Å². The Labute approximate surface area is 129 Å². The van der Waals surface area contributed by atoms with Gasteiger partial charge in [0.25, 0.3) is 10.0 Å². The molecule has 2 aromatic rings. The summed E-state index contributed by atoms with van der Waals surface area (Å²) < 4.78 is 27.2. The van der Waals surface area contributed by atoms with Gasteiger partial charge >= 0.3 is 0 Å². The average Bonchev–Trinajstić information content (AvgIpc) is 2.98. The Hall–Kier alpha value is -1.84. The van der Waals surface area contributed by atoms with E-state index in [1.165, 1.54) is 10.4 Å². The molecule has 0 bridgehead atoms. The lowest BCUT2D eigenvalue weighted by atomic mass is 10.3. The van der Waals surface area contributed by atoms with Gasteiger partial charge in [0.2, 0.25) is 0 Å². The third-order valence-electron chi connectivity index (χ3n) is 2.99. The first-order valence-corrected chi connectivity index (χ1v) is 8.93. The second-order valence-electron chi connectivity index (χ2n) is 4.50. The molecule has 0 unspecified atom stereocenters. The zero-order valence-electron chi connectivity index (χ0n) is 11.7. The monoisotopic (exact) mass is 320 g/mol. The third kappa shape index (κ3) is 3.43. The second kappa shape index (κ2) is 6.74. The normalized spacial score (nSPS) is 11.0. The van der Waals surface area contributed by atoms with E-state index in [1.807, 2.05) is 31.2 Å². The van der Waals surface area contributed by atoms with Gasteiger partial charge in [-0.3, -0.25) is 4.31 Å². The van der Waals surface area contributed by atoms with Crippen molar-refractivity contribution in [3.05, 3.63) is 47.3 Å². The van der Waals surface area contributed by atoms with Crippen LogP contribution in [0, 0.1) is 11.3 Å². The predicted octanol–water partition coefficient (Wildman–Crippen LogP) is 3.62. The summed E-state index contributed by atoms with van der Waals surface area (Å²) >= 11 is 1.01. The maximum absolute atomic E-state index is 12.8. The Bertz CT molecular complexity index is 731. The Morgan fingerprint density at radius 1 is 1.19 bits per heavy atom. The van der Waals surface area contributed by atoms with Gasteiger partial charge in [-0.25, -0.2) is 8.42 Å². The van der Waals surface area contributed by atoms with Crippen LogP contribution in [-0.2, 0) is 10.0 Å². The number of nitriles is 1. The van der Waals surface area contributed by atoms with E-state index < -0.39 is 10.0 Å². The molecule has 0 aliphatic rings. The second-order valence-corrected chi connectivity index (χ2v) is 7.67. The summed E-state index contributed by atoms with van der Waals surface area (Å²) in [6, 6.07) is 14.1. The van der Waals surface area contributed by atoms with Crippen molar-refractivity contribution >= 4 is 27.0 Å². The molecule has 1 aromatic carbocycles. The van der Waals surface area contributed by atoms with Crippen LogP contribution in [0.2, 0.25) is 0 Å². The van der Waals surface area contributed by atoms with Crippen LogP contribution in [0.15, 0.2) is 46.7 Å². The molecule has 0 aliphatic carbocycles. The average molecular weight is 320 g/mol. The number of nitrogens with zero attached hydrogens (tertiary/aromatic N) is 2.